The molecule has 312 valence electrons. The Balaban J connectivity index is 0.00000496. The Bertz CT molecular complexity index is 2400. The molecule has 59 heavy (non-hydrogen) atoms. The number of amides is 4. The molecule has 0 aliphatic rings. The first-order valence-corrected chi connectivity index (χ1v) is 19.1. The van der Waals surface area contributed by atoms with Crippen LogP contribution in [0.2, 0.25) is 0 Å². The van der Waals surface area contributed by atoms with E-state index in [1.807, 2.05) is 0 Å². The van der Waals surface area contributed by atoms with Gasteiger partial charge in [0.2, 0.25) is 11.8 Å². The molecule has 12 nitrogen and oxygen atoms in total. The minimum Gasteiger partial charge on any atom is -0.398 e. The molecule has 0 heterocycles. The molecular weight excluding hydrogens is 816 g/mol. The highest BCUT2D eigenvalue weighted by Gasteiger charge is 2.30. The van der Waals surface area contributed by atoms with E-state index in [0.29, 0.717) is 27.6 Å². The number of hydrogen-bond acceptors (Lipinski definition) is 10. The first-order chi connectivity index (χ1) is 28.0. The van der Waals surface area contributed by atoms with Crippen LogP contribution in [0.5, 0.6) is 0 Å². The van der Waals surface area contributed by atoms with Gasteiger partial charge in [0, 0.05) is 80.0 Å². The van der Waals surface area contributed by atoms with E-state index in [1.54, 1.807) is 18.2 Å². The van der Waals surface area contributed by atoms with Gasteiger partial charge in [0.1, 0.15) is 41.2 Å². The Morgan fingerprint density at radius 1 is 0.593 bits per heavy atom. The van der Waals surface area contributed by atoms with Gasteiger partial charge in [-0.3, -0.25) is 29.5 Å². The monoisotopic (exact) mass is 856 g/mol. The van der Waals surface area contributed by atoms with Gasteiger partial charge in [-0.25, -0.2) is 22.0 Å². The van der Waals surface area contributed by atoms with Gasteiger partial charge in [0.05, 0.1) is 5.56 Å². The number of nitrogens with zero attached hydrogens (tertiary/aromatic N) is 2. The predicted octanol–water partition coefficient (Wildman–Crippen LogP) is 5.98. The molecule has 0 spiro atoms. The van der Waals surface area contributed by atoms with Crippen molar-refractivity contribution in [3.05, 3.63) is 142 Å². The molecule has 5 aromatic carbocycles. The Kier molecular flexibility index (Phi) is 14.2. The van der Waals surface area contributed by atoms with E-state index in [0.717, 1.165) is 76.2 Å². The molecule has 5 aromatic rings. The fourth-order valence-electron chi connectivity index (χ4n) is 6.07. The van der Waals surface area contributed by atoms with Crippen LogP contribution < -0.4 is 42.2 Å². The van der Waals surface area contributed by atoms with Crippen LogP contribution in [-0.2, 0) is 22.4 Å². The molecule has 0 aliphatic heterocycles. The van der Waals surface area contributed by atoms with Crippen molar-refractivity contribution in [3.8, 4) is 0 Å². The number of benzene rings is 5. The number of carbonyl (C=O) groups excluding carboxylic acids is 4. The van der Waals surface area contributed by atoms with E-state index in [1.165, 1.54) is 32.3 Å². The summed E-state index contributed by atoms with van der Waals surface area (Å²) >= 11 is 1.76. The highest BCUT2D eigenvalue weighted by atomic mass is 32.2. The Morgan fingerprint density at radius 3 is 1.39 bits per heavy atom. The maximum Gasteiger partial charge on any atom is 0.254 e. The summed E-state index contributed by atoms with van der Waals surface area (Å²) in [7, 11) is 2.74. The molecule has 0 saturated carbocycles. The van der Waals surface area contributed by atoms with E-state index in [9.17, 15) is 36.7 Å². The summed E-state index contributed by atoms with van der Waals surface area (Å²) < 4.78 is 72.1. The average Bonchev–Trinajstić information content (AvgIpc) is 3.18. The van der Waals surface area contributed by atoms with E-state index in [4.69, 9.17) is 21.7 Å². The normalized spacial score (nSPS) is 12.0. The van der Waals surface area contributed by atoms with Crippen molar-refractivity contribution in [1.29, 1.82) is 0 Å². The number of hydrogen-bond donors (Lipinski definition) is 6. The number of rotatable bonds is 14. The molecule has 0 bridgehead atoms. The van der Waals surface area contributed by atoms with Gasteiger partial charge in [-0.05, 0) is 114 Å². The lowest BCUT2D eigenvalue weighted by Gasteiger charge is -2.26. The van der Waals surface area contributed by atoms with Crippen LogP contribution in [0.4, 0.5) is 44.7 Å². The van der Waals surface area contributed by atoms with Crippen molar-refractivity contribution in [2.24, 2.45) is 10.3 Å². The van der Waals surface area contributed by atoms with Crippen molar-refractivity contribution >= 4 is 70.3 Å². The summed E-state index contributed by atoms with van der Waals surface area (Å²) in [4.78, 5) is 58.6. The van der Waals surface area contributed by atoms with E-state index < -0.39 is 83.2 Å². The van der Waals surface area contributed by atoms with Crippen molar-refractivity contribution < 1.29 is 44.0 Å². The van der Waals surface area contributed by atoms with E-state index in [-0.39, 0.29) is 36.6 Å². The van der Waals surface area contributed by atoms with Gasteiger partial charge in [0.15, 0.2) is 0 Å². The molecule has 0 unspecified atom stereocenters. The molecule has 5 rings (SSSR count). The second-order valence-electron chi connectivity index (χ2n) is 13.2. The standard InChI is InChI=1S/C40H37F5N8O4S2.2H2/c1-52(27-4-7-35(58-48)31(46)18-27)39(56)33(13-20-9-23(41)16-24(42)10-20)50-37(54)22-3-6-30(45)29(15-22)38(55)51-34(14-21-11-25(43)17-26(44)12-21)40(57)53(2)28-5-8-36(59-49)32(47)19-28;;/h3-12,15-19,33-34H,13-14,46-49H2,1-2H3,(H,50,54)(H,51,55);2*1H/t33-,34-;;/m0../s1. The predicted molar refractivity (Wildman–Crippen MR) is 222 cm³/mol. The second kappa shape index (κ2) is 19.1. The van der Waals surface area contributed by atoms with Gasteiger partial charge in [-0.1, -0.05) is 0 Å². The van der Waals surface area contributed by atoms with Gasteiger partial charge < -0.3 is 31.9 Å². The Morgan fingerprint density at radius 2 is 1.00 bits per heavy atom. The molecule has 0 aliphatic carbocycles. The van der Waals surface area contributed by atoms with Crippen LogP contribution in [-0.4, -0.2) is 49.8 Å². The van der Waals surface area contributed by atoms with Crippen LogP contribution in [0.3, 0.4) is 0 Å². The van der Waals surface area contributed by atoms with Gasteiger partial charge in [-0.15, -0.1) is 0 Å². The zero-order valence-corrected chi connectivity index (χ0v) is 32.9. The van der Waals surface area contributed by atoms with Crippen molar-refractivity contribution in [2.45, 2.75) is 34.7 Å². The lowest BCUT2D eigenvalue weighted by Crippen LogP contribution is -2.49. The smallest absolute Gasteiger partial charge is 0.254 e. The molecule has 19 heteroatoms. The van der Waals surface area contributed by atoms with Gasteiger partial charge in [0.25, 0.3) is 11.8 Å². The summed E-state index contributed by atoms with van der Waals surface area (Å²) in [5.41, 5.74) is 12.1. The molecule has 0 fully saturated rings. The van der Waals surface area contributed by atoms with Gasteiger partial charge >= 0.3 is 0 Å². The Labute approximate surface area is 346 Å². The fraction of sp³-hybridized carbons (Fsp3) is 0.150. The first-order valence-electron chi connectivity index (χ1n) is 17.4. The highest BCUT2D eigenvalue weighted by Crippen LogP contribution is 2.28. The zero-order chi connectivity index (χ0) is 43.1. The van der Waals surface area contributed by atoms with Crippen LogP contribution in [0.1, 0.15) is 34.7 Å². The van der Waals surface area contributed by atoms with Gasteiger partial charge in [-0.2, -0.15) is 0 Å². The Hall–Kier alpha value is -6.15. The molecule has 4 amide bonds. The topological polar surface area (TPSA) is 203 Å². The number of nitrogen functional groups attached to an aromatic ring is 2. The quantitative estimate of drug-likeness (QED) is 0.0439. The number of carbonyl (C=O) groups is 4. The molecule has 2 atom stereocenters. The second-order valence-corrected chi connectivity index (χ2v) is 14.5. The molecule has 0 radical (unpaired) electrons. The summed E-state index contributed by atoms with van der Waals surface area (Å²) in [6.07, 6.45) is -0.850. The minimum absolute atomic E-state index is 0. The number of halogens is 5. The maximum atomic E-state index is 15.4. The zero-order valence-electron chi connectivity index (χ0n) is 31.3. The largest absolute Gasteiger partial charge is 0.398 e. The van der Waals surface area contributed by atoms with Crippen molar-refractivity contribution in [3.63, 3.8) is 0 Å². The van der Waals surface area contributed by atoms with Crippen molar-refractivity contribution in [2.75, 3.05) is 35.4 Å². The minimum atomic E-state index is -1.55. The number of nitrogens with one attached hydrogen (secondary N) is 2. The number of likely N-dealkylation sites (N-methyl/N-ethyl adjacent to an activating group) is 2. The summed E-state index contributed by atoms with van der Waals surface area (Å²) in [5.74, 6) is -8.58. The third-order valence-electron chi connectivity index (χ3n) is 9.08. The third kappa shape index (κ3) is 10.9. The summed E-state index contributed by atoms with van der Waals surface area (Å²) in [5, 5.41) is 16.1. The van der Waals surface area contributed by atoms with Crippen LogP contribution in [0.25, 0.3) is 0 Å². The lowest BCUT2D eigenvalue weighted by molar-refractivity contribution is -0.120. The van der Waals surface area contributed by atoms with Crippen LogP contribution >= 0.6 is 23.9 Å². The van der Waals surface area contributed by atoms with Crippen LogP contribution in [0.15, 0.2) is 101 Å². The van der Waals surface area contributed by atoms with E-state index >= 15 is 4.39 Å². The fourth-order valence-corrected chi connectivity index (χ4v) is 6.76. The highest BCUT2D eigenvalue weighted by molar-refractivity contribution is 7.97. The average molecular weight is 857 g/mol. The number of nitrogens with two attached hydrogens (primary N) is 4. The van der Waals surface area contributed by atoms with Crippen LogP contribution in [0, 0.1) is 29.1 Å². The maximum absolute atomic E-state index is 15.4. The summed E-state index contributed by atoms with van der Waals surface area (Å²) in [6, 6.07) is 13.9. The first kappa shape index (κ1) is 44.0. The van der Waals surface area contributed by atoms with Crippen molar-refractivity contribution in [1.82, 2.24) is 10.6 Å². The third-order valence-corrected chi connectivity index (χ3v) is 10.3. The lowest BCUT2D eigenvalue weighted by atomic mass is 10.0. The molecule has 10 N–H and O–H groups in total. The van der Waals surface area contributed by atoms with E-state index in [2.05, 4.69) is 10.6 Å². The SMILES string of the molecule is CN(C(=O)[C@H](Cc1cc(F)cc(F)c1)NC(=O)c1ccc(F)c(C(=O)N[C@@H](Cc2cc(F)cc(F)c2)C(=O)N(C)c2ccc(SN)c(N)c2)c1)c1ccc(SN)c(N)c1.[HH].[HH]. The number of anilines is 4. The molecule has 0 aromatic heterocycles. The molecule has 0 saturated heterocycles. The molecular formula is C40H41F5N8O4S2. The summed E-state index contributed by atoms with van der Waals surface area (Å²) in [6.45, 7) is 0.